The molecular formula is C14H16N2O2. The molecule has 1 aliphatic heterocycles. The second kappa shape index (κ2) is 4.44. The predicted octanol–water partition coefficient (Wildman–Crippen LogP) is 1.39. The van der Waals surface area contributed by atoms with Crippen LogP contribution < -0.4 is 10.6 Å². The number of nitrogens with one attached hydrogen (secondary N) is 2. The summed E-state index contributed by atoms with van der Waals surface area (Å²) >= 11 is 0. The molecule has 4 nitrogen and oxygen atoms in total. The van der Waals surface area contributed by atoms with Crippen molar-refractivity contribution >= 4 is 17.5 Å². The quantitative estimate of drug-likeness (QED) is 0.826. The van der Waals surface area contributed by atoms with E-state index in [1.165, 1.54) is 17.5 Å². The molecule has 1 atom stereocenters. The van der Waals surface area contributed by atoms with E-state index in [0.29, 0.717) is 12.8 Å². The van der Waals surface area contributed by atoms with Crippen molar-refractivity contribution < 1.29 is 9.59 Å². The van der Waals surface area contributed by atoms with E-state index in [2.05, 4.69) is 22.8 Å². The summed E-state index contributed by atoms with van der Waals surface area (Å²) in [5.41, 5.74) is 3.56. The molecule has 94 valence electrons. The minimum Gasteiger partial charge on any atom is -0.344 e. The second-order valence-electron chi connectivity index (χ2n) is 4.99. The van der Waals surface area contributed by atoms with Crippen LogP contribution in [0.5, 0.6) is 0 Å². The topological polar surface area (TPSA) is 58.2 Å². The highest BCUT2D eigenvalue weighted by Crippen LogP contribution is 2.25. The highest BCUT2D eigenvalue weighted by atomic mass is 16.2. The summed E-state index contributed by atoms with van der Waals surface area (Å²) in [7, 11) is 0. The second-order valence-corrected chi connectivity index (χ2v) is 4.99. The fraction of sp³-hybridized carbons (Fsp3) is 0.429. The molecule has 4 heteroatoms. The lowest BCUT2D eigenvalue weighted by Gasteiger charge is -2.11. The van der Waals surface area contributed by atoms with Gasteiger partial charge in [-0.05, 0) is 48.9 Å². The Morgan fingerprint density at radius 1 is 1.22 bits per heavy atom. The van der Waals surface area contributed by atoms with Gasteiger partial charge in [0, 0.05) is 12.1 Å². The zero-order valence-corrected chi connectivity index (χ0v) is 10.2. The maximum absolute atomic E-state index is 11.9. The monoisotopic (exact) mass is 244 g/mol. The van der Waals surface area contributed by atoms with Gasteiger partial charge in [0.05, 0.1) is 0 Å². The van der Waals surface area contributed by atoms with Crippen molar-refractivity contribution in [1.29, 1.82) is 0 Å². The first-order valence-electron chi connectivity index (χ1n) is 6.44. The van der Waals surface area contributed by atoms with Crippen LogP contribution in [0.15, 0.2) is 18.2 Å². The van der Waals surface area contributed by atoms with Gasteiger partial charge in [0.2, 0.25) is 11.8 Å². The van der Waals surface area contributed by atoms with Crippen LogP contribution in [-0.4, -0.2) is 17.9 Å². The van der Waals surface area contributed by atoms with Crippen molar-refractivity contribution in [3.05, 3.63) is 29.3 Å². The molecule has 1 aromatic rings. The zero-order valence-electron chi connectivity index (χ0n) is 10.2. The maximum Gasteiger partial charge on any atom is 0.246 e. The Kier molecular flexibility index (Phi) is 2.78. The SMILES string of the molecule is O=C1CC[C@@H](C(=O)Nc2ccc3c(c2)CCC3)N1. The van der Waals surface area contributed by atoms with Gasteiger partial charge in [0.25, 0.3) is 0 Å². The number of anilines is 1. The molecule has 1 fully saturated rings. The lowest BCUT2D eigenvalue weighted by Crippen LogP contribution is -2.37. The minimum absolute atomic E-state index is 0.0379. The van der Waals surface area contributed by atoms with Crippen molar-refractivity contribution in [3.63, 3.8) is 0 Å². The zero-order chi connectivity index (χ0) is 12.5. The van der Waals surface area contributed by atoms with Crippen molar-refractivity contribution in [1.82, 2.24) is 5.32 Å². The lowest BCUT2D eigenvalue weighted by atomic mass is 10.1. The smallest absolute Gasteiger partial charge is 0.246 e. The van der Waals surface area contributed by atoms with E-state index in [9.17, 15) is 9.59 Å². The Hall–Kier alpha value is -1.84. The van der Waals surface area contributed by atoms with Gasteiger partial charge in [-0.1, -0.05) is 6.07 Å². The van der Waals surface area contributed by atoms with Crippen molar-refractivity contribution in [2.24, 2.45) is 0 Å². The van der Waals surface area contributed by atoms with E-state index in [1.807, 2.05) is 6.07 Å². The number of hydrogen-bond donors (Lipinski definition) is 2. The van der Waals surface area contributed by atoms with Crippen LogP contribution >= 0.6 is 0 Å². The Morgan fingerprint density at radius 2 is 2.06 bits per heavy atom. The minimum atomic E-state index is -0.370. The number of carbonyl (C=O) groups is 2. The molecule has 1 aromatic carbocycles. The van der Waals surface area contributed by atoms with Crippen molar-refractivity contribution in [2.45, 2.75) is 38.1 Å². The van der Waals surface area contributed by atoms with Crippen LogP contribution in [0.3, 0.4) is 0 Å². The molecular weight excluding hydrogens is 228 g/mol. The number of benzene rings is 1. The fourth-order valence-corrected chi connectivity index (χ4v) is 2.69. The summed E-state index contributed by atoms with van der Waals surface area (Å²) in [5.74, 6) is -0.150. The molecule has 1 saturated heterocycles. The summed E-state index contributed by atoms with van der Waals surface area (Å²) in [6, 6.07) is 5.71. The number of fused-ring (bicyclic) bond motifs is 1. The Bertz CT molecular complexity index is 511. The first kappa shape index (κ1) is 11.3. The molecule has 3 rings (SSSR count). The molecule has 2 aliphatic rings. The van der Waals surface area contributed by atoms with Gasteiger partial charge in [-0.15, -0.1) is 0 Å². The molecule has 1 heterocycles. The van der Waals surface area contributed by atoms with Gasteiger partial charge in [0.15, 0.2) is 0 Å². The van der Waals surface area contributed by atoms with E-state index in [1.54, 1.807) is 0 Å². The highest BCUT2D eigenvalue weighted by Gasteiger charge is 2.27. The third-order valence-electron chi connectivity index (χ3n) is 3.68. The van der Waals surface area contributed by atoms with Crippen molar-refractivity contribution in [2.75, 3.05) is 5.32 Å². The lowest BCUT2D eigenvalue weighted by molar-refractivity contribution is -0.122. The molecule has 0 aromatic heterocycles. The summed E-state index contributed by atoms with van der Waals surface area (Å²) in [4.78, 5) is 23.0. The molecule has 18 heavy (non-hydrogen) atoms. The standard InChI is InChI=1S/C14H16N2O2/c17-13-7-6-12(16-13)14(18)15-11-5-4-9-2-1-3-10(9)8-11/h4-5,8,12H,1-3,6-7H2,(H,15,18)(H,16,17)/t12-/m0/s1. The summed E-state index contributed by atoms with van der Waals surface area (Å²) in [5, 5.41) is 5.56. The van der Waals surface area contributed by atoms with E-state index in [-0.39, 0.29) is 17.9 Å². The predicted molar refractivity (Wildman–Crippen MR) is 68.3 cm³/mol. The molecule has 2 N–H and O–H groups in total. The molecule has 0 radical (unpaired) electrons. The van der Waals surface area contributed by atoms with E-state index in [4.69, 9.17) is 0 Å². The number of amides is 2. The molecule has 0 spiro atoms. The normalized spacial score (nSPS) is 21.6. The van der Waals surface area contributed by atoms with Gasteiger partial charge >= 0.3 is 0 Å². The van der Waals surface area contributed by atoms with E-state index in [0.717, 1.165) is 18.5 Å². The van der Waals surface area contributed by atoms with Crippen LogP contribution in [-0.2, 0) is 22.4 Å². The average molecular weight is 244 g/mol. The molecule has 1 aliphatic carbocycles. The third kappa shape index (κ3) is 2.10. The summed E-state index contributed by atoms with van der Waals surface area (Å²) < 4.78 is 0. The van der Waals surface area contributed by atoms with Crippen molar-refractivity contribution in [3.8, 4) is 0 Å². The number of rotatable bonds is 2. The molecule has 0 unspecified atom stereocenters. The van der Waals surface area contributed by atoms with Crippen LogP contribution in [0, 0.1) is 0 Å². The number of hydrogen-bond acceptors (Lipinski definition) is 2. The van der Waals surface area contributed by atoms with Crippen LogP contribution in [0.1, 0.15) is 30.4 Å². The average Bonchev–Trinajstić information content (AvgIpc) is 2.96. The van der Waals surface area contributed by atoms with E-state index < -0.39 is 0 Å². The Labute approximate surface area is 106 Å². The van der Waals surface area contributed by atoms with Gasteiger partial charge in [-0.25, -0.2) is 0 Å². The van der Waals surface area contributed by atoms with Crippen LogP contribution in [0.4, 0.5) is 5.69 Å². The highest BCUT2D eigenvalue weighted by molar-refractivity contribution is 5.99. The van der Waals surface area contributed by atoms with Gasteiger partial charge in [-0.3, -0.25) is 9.59 Å². The largest absolute Gasteiger partial charge is 0.344 e. The van der Waals surface area contributed by atoms with Crippen LogP contribution in [0.25, 0.3) is 0 Å². The third-order valence-corrected chi connectivity index (χ3v) is 3.68. The van der Waals surface area contributed by atoms with Gasteiger partial charge in [0.1, 0.15) is 6.04 Å². The summed E-state index contributed by atoms with van der Waals surface area (Å²) in [6.45, 7) is 0. The van der Waals surface area contributed by atoms with Crippen LogP contribution in [0.2, 0.25) is 0 Å². The Balaban J connectivity index is 1.69. The first-order chi connectivity index (χ1) is 8.72. The first-order valence-corrected chi connectivity index (χ1v) is 6.44. The molecule has 0 bridgehead atoms. The summed E-state index contributed by atoms with van der Waals surface area (Å²) in [6.07, 6.45) is 4.48. The fourth-order valence-electron chi connectivity index (χ4n) is 2.69. The molecule has 0 saturated carbocycles. The number of aryl methyl sites for hydroxylation is 2. The van der Waals surface area contributed by atoms with Gasteiger partial charge in [-0.2, -0.15) is 0 Å². The maximum atomic E-state index is 11.9. The number of carbonyl (C=O) groups excluding carboxylic acids is 2. The van der Waals surface area contributed by atoms with E-state index >= 15 is 0 Å². The Morgan fingerprint density at radius 3 is 2.83 bits per heavy atom. The molecule has 2 amide bonds. The van der Waals surface area contributed by atoms with Gasteiger partial charge < -0.3 is 10.6 Å².